The lowest BCUT2D eigenvalue weighted by atomic mass is 9.53. The predicted molar refractivity (Wildman–Crippen MR) is 136 cm³/mol. The third-order valence-electron chi connectivity index (χ3n) is 9.37. The van der Waals surface area contributed by atoms with Crippen LogP contribution < -0.4 is 16.0 Å². The maximum atomic E-state index is 13.1. The molecule has 2 atom stereocenters. The molecule has 0 radical (unpaired) electrons. The molecule has 0 aromatic heterocycles. The van der Waals surface area contributed by atoms with Crippen LogP contribution in [0.1, 0.15) is 81.5 Å². The second-order valence-electron chi connectivity index (χ2n) is 12.0. The average Bonchev–Trinajstić information content (AvgIpc) is 3.09. The van der Waals surface area contributed by atoms with E-state index in [-0.39, 0.29) is 41.7 Å². The van der Waals surface area contributed by atoms with Gasteiger partial charge in [0.2, 0.25) is 0 Å². The summed E-state index contributed by atoms with van der Waals surface area (Å²) >= 11 is 0. The number of rotatable bonds is 5. The fourth-order valence-corrected chi connectivity index (χ4v) is 8.44. The molecule has 8 nitrogen and oxygen atoms in total. The van der Waals surface area contributed by atoms with Gasteiger partial charge in [0.15, 0.2) is 0 Å². The lowest BCUT2D eigenvalue weighted by Crippen LogP contribution is -2.63. The number of hydrogen-bond donors (Lipinski definition) is 3. The van der Waals surface area contributed by atoms with Crippen molar-refractivity contribution < 1.29 is 19.1 Å². The number of piperidine rings is 1. The minimum Gasteiger partial charge on any atom is -0.462 e. The molecule has 0 unspecified atom stereocenters. The number of nitrogens with zero attached hydrogens (tertiary/aromatic N) is 1. The summed E-state index contributed by atoms with van der Waals surface area (Å²) in [6, 6.07) is 7.04. The minimum absolute atomic E-state index is 0.0130. The molecular weight excluding hydrogens is 456 g/mol. The van der Waals surface area contributed by atoms with Gasteiger partial charge in [0.25, 0.3) is 0 Å². The van der Waals surface area contributed by atoms with Crippen molar-refractivity contribution in [3.63, 3.8) is 0 Å². The van der Waals surface area contributed by atoms with Gasteiger partial charge in [0.1, 0.15) is 0 Å². The van der Waals surface area contributed by atoms with Crippen molar-refractivity contribution in [3.05, 3.63) is 29.8 Å². The first-order valence-corrected chi connectivity index (χ1v) is 13.8. The Balaban J connectivity index is 1.02. The summed E-state index contributed by atoms with van der Waals surface area (Å²) in [5.74, 6) is 2.04. The van der Waals surface area contributed by atoms with Gasteiger partial charge in [-0.25, -0.2) is 14.4 Å². The van der Waals surface area contributed by atoms with E-state index in [0.29, 0.717) is 17.9 Å². The van der Waals surface area contributed by atoms with Gasteiger partial charge in [-0.1, -0.05) is 0 Å². The molecule has 1 aromatic rings. The number of anilines is 1. The Labute approximate surface area is 212 Å². The summed E-state index contributed by atoms with van der Waals surface area (Å²) in [5.41, 5.74) is 1.14. The number of hydrogen-bond acceptors (Lipinski definition) is 4. The van der Waals surface area contributed by atoms with Crippen molar-refractivity contribution in [1.82, 2.24) is 15.5 Å². The van der Waals surface area contributed by atoms with Crippen LogP contribution in [-0.2, 0) is 4.74 Å². The normalized spacial score (nSPS) is 35.9. The Morgan fingerprint density at radius 2 is 1.50 bits per heavy atom. The number of nitrogens with one attached hydrogen (secondary N) is 3. The Morgan fingerprint density at radius 3 is 2.06 bits per heavy atom. The van der Waals surface area contributed by atoms with Crippen LogP contribution in [-0.4, -0.2) is 53.2 Å². The fraction of sp³-hybridized carbons (Fsp3) is 0.679. The third kappa shape index (κ3) is 4.55. The van der Waals surface area contributed by atoms with Crippen LogP contribution in [0.3, 0.4) is 0 Å². The van der Waals surface area contributed by atoms with Gasteiger partial charge in [0, 0.05) is 29.4 Å². The quantitative estimate of drug-likeness (QED) is 0.519. The second kappa shape index (κ2) is 9.27. The van der Waals surface area contributed by atoms with E-state index in [1.54, 1.807) is 31.2 Å². The van der Waals surface area contributed by atoms with Crippen LogP contribution in [0.25, 0.3) is 0 Å². The highest BCUT2D eigenvalue weighted by molar-refractivity contribution is 5.92. The van der Waals surface area contributed by atoms with E-state index in [0.717, 1.165) is 62.7 Å². The topological polar surface area (TPSA) is 99.8 Å². The highest BCUT2D eigenvalue weighted by atomic mass is 16.5. The van der Waals surface area contributed by atoms with Gasteiger partial charge in [-0.2, -0.15) is 0 Å². The first kappa shape index (κ1) is 23.6. The standard InChI is InChI=1S/C28H38N4O4/c1-2-36-25(33)20-3-5-21(6-4-20)30-27(35)32-23-7-8-24(32)13-22(12-23)29-26(34)31-28-14-17-9-18(15-28)11-19(10-17)16-28/h3-6,17-19,22-24H,2,7-16H2,1H3,(H,30,35)(H2,29,31,34)/t17?,18?,19?,23-,24-,28?/m1/s1. The molecule has 2 heterocycles. The van der Waals surface area contributed by atoms with E-state index in [1.807, 2.05) is 4.90 Å². The molecule has 0 spiro atoms. The van der Waals surface area contributed by atoms with Gasteiger partial charge in [-0.15, -0.1) is 0 Å². The van der Waals surface area contributed by atoms with Crippen LogP contribution in [0, 0.1) is 17.8 Å². The zero-order chi connectivity index (χ0) is 24.9. The summed E-state index contributed by atoms with van der Waals surface area (Å²) in [7, 11) is 0. The molecule has 3 N–H and O–H groups in total. The number of carbonyl (C=O) groups is 3. The zero-order valence-electron chi connectivity index (χ0n) is 21.1. The van der Waals surface area contributed by atoms with E-state index in [4.69, 9.17) is 4.74 Å². The highest BCUT2D eigenvalue weighted by Gasteiger charge is 2.52. The van der Waals surface area contributed by atoms with E-state index in [1.165, 1.54) is 19.3 Å². The van der Waals surface area contributed by atoms with E-state index < -0.39 is 0 Å². The average molecular weight is 495 g/mol. The number of amides is 4. The van der Waals surface area contributed by atoms with E-state index in [9.17, 15) is 14.4 Å². The second-order valence-corrected chi connectivity index (χ2v) is 12.0. The van der Waals surface area contributed by atoms with Crippen molar-refractivity contribution in [2.75, 3.05) is 11.9 Å². The molecule has 1 aromatic carbocycles. The van der Waals surface area contributed by atoms with Gasteiger partial charge < -0.3 is 25.6 Å². The molecule has 4 amide bonds. The minimum atomic E-state index is -0.366. The number of ether oxygens (including phenoxy) is 1. The summed E-state index contributed by atoms with van der Waals surface area (Å²) in [6.45, 7) is 2.10. The molecule has 6 aliphatic rings. The van der Waals surface area contributed by atoms with Crippen molar-refractivity contribution in [1.29, 1.82) is 0 Å². The van der Waals surface area contributed by atoms with E-state index >= 15 is 0 Å². The van der Waals surface area contributed by atoms with Crippen molar-refractivity contribution in [2.24, 2.45) is 17.8 Å². The van der Waals surface area contributed by atoms with Crippen LogP contribution in [0.15, 0.2) is 24.3 Å². The maximum Gasteiger partial charge on any atom is 0.338 e. The lowest BCUT2D eigenvalue weighted by Gasteiger charge is -2.56. The largest absolute Gasteiger partial charge is 0.462 e. The first-order valence-electron chi connectivity index (χ1n) is 13.8. The van der Waals surface area contributed by atoms with Crippen LogP contribution in [0.5, 0.6) is 0 Å². The third-order valence-corrected chi connectivity index (χ3v) is 9.37. The maximum absolute atomic E-state index is 13.1. The molecule has 6 fully saturated rings. The van der Waals surface area contributed by atoms with Gasteiger partial charge >= 0.3 is 18.0 Å². The number of urea groups is 2. The summed E-state index contributed by atoms with van der Waals surface area (Å²) in [4.78, 5) is 40.0. The van der Waals surface area contributed by atoms with Crippen molar-refractivity contribution >= 4 is 23.7 Å². The monoisotopic (exact) mass is 494 g/mol. The lowest BCUT2D eigenvalue weighted by molar-refractivity contribution is -0.0138. The fourth-order valence-electron chi connectivity index (χ4n) is 8.44. The smallest absolute Gasteiger partial charge is 0.338 e. The van der Waals surface area contributed by atoms with Crippen LogP contribution in [0.2, 0.25) is 0 Å². The van der Waals surface area contributed by atoms with Crippen molar-refractivity contribution in [3.8, 4) is 0 Å². The Bertz CT molecular complexity index is 976. The highest BCUT2D eigenvalue weighted by Crippen LogP contribution is 2.55. The Morgan fingerprint density at radius 1 is 0.917 bits per heavy atom. The molecule has 6 bridgehead atoms. The SMILES string of the molecule is CCOC(=O)c1ccc(NC(=O)N2[C@@H]3CC[C@@H]2CC(NC(=O)NC24CC5CC(CC(C5)C2)C4)C3)cc1. The van der Waals surface area contributed by atoms with Crippen LogP contribution in [0.4, 0.5) is 15.3 Å². The van der Waals surface area contributed by atoms with E-state index in [2.05, 4.69) is 16.0 Å². The van der Waals surface area contributed by atoms with Gasteiger partial charge in [-0.05, 0) is 113 Å². The summed E-state index contributed by atoms with van der Waals surface area (Å²) in [5, 5.41) is 9.70. The molecule has 36 heavy (non-hydrogen) atoms. The number of esters is 1. The Hall–Kier alpha value is -2.77. The number of fused-ring (bicyclic) bond motifs is 2. The molecule has 2 aliphatic heterocycles. The molecule has 194 valence electrons. The molecule has 2 saturated heterocycles. The molecule has 4 saturated carbocycles. The van der Waals surface area contributed by atoms with Crippen molar-refractivity contribution in [2.45, 2.75) is 94.8 Å². The molecule has 4 aliphatic carbocycles. The molecule has 7 rings (SSSR count). The number of benzene rings is 1. The zero-order valence-corrected chi connectivity index (χ0v) is 21.1. The van der Waals surface area contributed by atoms with Gasteiger partial charge in [-0.3, -0.25) is 0 Å². The Kier molecular flexibility index (Phi) is 6.08. The predicted octanol–water partition coefficient (Wildman–Crippen LogP) is 4.66. The molecular formula is C28H38N4O4. The number of carbonyl (C=O) groups excluding carboxylic acids is 3. The summed E-state index contributed by atoms with van der Waals surface area (Å²) in [6.07, 6.45) is 11.1. The van der Waals surface area contributed by atoms with Crippen LogP contribution >= 0.6 is 0 Å². The molecule has 8 heteroatoms. The first-order chi connectivity index (χ1) is 17.4. The summed E-state index contributed by atoms with van der Waals surface area (Å²) < 4.78 is 5.02. The van der Waals surface area contributed by atoms with Gasteiger partial charge in [0.05, 0.1) is 12.2 Å².